The number of carbonyl (C=O) groups is 1. The smallest absolute Gasteiger partial charge is 0.378 e. The number of hydrogen-bond acceptors (Lipinski definition) is 6. The molecule has 2 saturated heterocycles. The molecule has 0 radical (unpaired) electrons. The number of alkyl halides is 3. The molecule has 1 aromatic heterocycles. The van der Waals surface area contributed by atoms with Crippen molar-refractivity contribution in [3.05, 3.63) is 52.8 Å². The number of hydrogen-bond donors (Lipinski definition) is 0. The van der Waals surface area contributed by atoms with E-state index in [1.165, 1.54) is 4.90 Å². The fourth-order valence-corrected chi connectivity index (χ4v) is 4.70. The first-order valence-corrected chi connectivity index (χ1v) is 10.7. The summed E-state index contributed by atoms with van der Waals surface area (Å²) in [6, 6.07) is 8.05. The number of amides is 1. The van der Waals surface area contributed by atoms with Crippen LogP contribution >= 0.6 is 0 Å². The van der Waals surface area contributed by atoms with Crippen LogP contribution in [0, 0.1) is 0 Å². The molecular weight excluding hydrogens is 425 g/mol. The van der Waals surface area contributed by atoms with E-state index in [1.54, 1.807) is 4.90 Å². The highest BCUT2D eigenvalue weighted by Gasteiger charge is 2.44. The SMILES string of the molecule is O=C(c1cnc(N2CCC3(CC2)OCc2ccccc23)nc1C(F)(F)F)N1CCOCC1. The Kier molecular flexibility index (Phi) is 5.29. The molecule has 2 aromatic rings. The van der Waals surface area contributed by atoms with E-state index in [0.29, 0.717) is 45.8 Å². The molecule has 1 spiro atoms. The summed E-state index contributed by atoms with van der Waals surface area (Å²) < 4.78 is 52.7. The minimum absolute atomic E-state index is 0.0167. The third-order valence-electron chi connectivity index (χ3n) is 6.44. The van der Waals surface area contributed by atoms with Crippen LogP contribution in [0.1, 0.15) is 40.0 Å². The van der Waals surface area contributed by atoms with Crippen LogP contribution in [-0.2, 0) is 27.9 Å². The normalized spacial score (nSPS) is 20.5. The number of anilines is 1. The van der Waals surface area contributed by atoms with E-state index in [9.17, 15) is 18.0 Å². The molecule has 0 saturated carbocycles. The minimum atomic E-state index is -4.76. The molecule has 0 N–H and O–H groups in total. The van der Waals surface area contributed by atoms with E-state index < -0.39 is 28.9 Å². The van der Waals surface area contributed by atoms with Gasteiger partial charge in [-0.1, -0.05) is 24.3 Å². The quantitative estimate of drug-likeness (QED) is 0.704. The van der Waals surface area contributed by atoms with Gasteiger partial charge in [-0.2, -0.15) is 13.2 Å². The summed E-state index contributed by atoms with van der Waals surface area (Å²) in [4.78, 5) is 23.7. The van der Waals surface area contributed by atoms with Gasteiger partial charge in [0, 0.05) is 32.4 Å². The molecule has 32 heavy (non-hydrogen) atoms. The number of halogens is 3. The maximum Gasteiger partial charge on any atom is 0.434 e. The maximum atomic E-state index is 13.8. The zero-order chi connectivity index (χ0) is 22.3. The molecule has 10 heteroatoms. The molecule has 2 fully saturated rings. The van der Waals surface area contributed by atoms with Crippen molar-refractivity contribution in [2.45, 2.75) is 31.2 Å². The van der Waals surface area contributed by atoms with Crippen molar-refractivity contribution in [3.63, 3.8) is 0 Å². The van der Waals surface area contributed by atoms with Crippen molar-refractivity contribution in [1.29, 1.82) is 0 Å². The first kappa shape index (κ1) is 21.1. The summed E-state index contributed by atoms with van der Waals surface area (Å²) in [6.45, 7) is 2.55. The van der Waals surface area contributed by atoms with Crippen LogP contribution in [0.4, 0.5) is 19.1 Å². The molecular formula is C22H23F3N4O3. The van der Waals surface area contributed by atoms with Crippen molar-refractivity contribution in [2.75, 3.05) is 44.3 Å². The van der Waals surface area contributed by atoms with Gasteiger partial charge in [0.05, 0.1) is 31.0 Å². The van der Waals surface area contributed by atoms with Crippen molar-refractivity contribution < 1.29 is 27.4 Å². The van der Waals surface area contributed by atoms with Crippen LogP contribution in [0.15, 0.2) is 30.5 Å². The number of piperidine rings is 1. The lowest BCUT2D eigenvalue weighted by molar-refractivity contribution is -0.141. The van der Waals surface area contributed by atoms with Crippen LogP contribution in [0.3, 0.4) is 0 Å². The first-order valence-electron chi connectivity index (χ1n) is 10.7. The lowest BCUT2D eigenvalue weighted by Crippen LogP contribution is -2.44. The number of morpholine rings is 1. The molecule has 0 bridgehead atoms. The van der Waals surface area contributed by atoms with Crippen LogP contribution < -0.4 is 4.90 Å². The number of rotatable bonds is 2. The zero-order valence-electron chi connectivity index (χ0n) is 17.4. The Balaban J connectivity index is 1.38. The lowest BCUT2D eigenvalue weighted by atomic mass is 9.84. The summed E-state index contributed by atoms with van der Waals surface area (Å²) in [5.41, 5.74) is 0.184. The molecule has 3 aliphatic rings. The van der Waals surface area contributed by atoms with Gasteiger partial charge in [0.2, 0.25) is 5.95 Å². The number of nitrogens with zero attached hydrogens (tertiary/aromatic N) is 4. The first-order chi connectivity index (χ1) is 15.4. The van der Waals surface area contributed by atoms with Crippen LogP contribution in [0.2, 0.25) is 0 Å². The van der Waals surface area contributed by atoms with Gasteiger partial charge in [-0.3, -0.25) is 4.79 Å². The number of ether oxygens (including phenoxy) is 2. The highest BCUT2D eigenvalue weighted by Crippen LogP contribution is 2.44. The van der Waals surface area contributed by atoms with Crippen LogP contribution in [0.25, 0.3) is 0 Å². The Hall–Kier alpha value is -2.72. The number of aromatic nitrogens is 2. The second-order valence-corrected chi connectivity index (χ2v) is 8.26. The summed E-state index contributed by atoms with van der Waals surface area (Å²) in [7, 11) is 0. The molecule has 5 rings (SSSR count). The van der Waals surface area contributed by atoms with Gasteiger partial charge >= 0.3 is 6.18 Å². The van der Waals surface area contributed by atoms with Gasteiger partial charge in [-0.15, -0.1) is 0 Å². The summed E-state index contributed by atoms with van der Waals surface area (Å²) in [5.74, 6) is -0.738. The maximum absolute atomic E-state index is 13.8. The topological polar surface area (TPSA) is 67.8 Å². The van der Waals surface area contributed by atoms with Crippen molar-refractivity contribution >= 4 is 11.9 Å². The van der Waals surface area contributed by atoms with Gasteiger partial charge in [-0.25, -0.2) is 9.97 Å². The molecule has 7 nitrogen and oxygen atoms in total. The predicted octanol–water partition coefficient (Wildman–Crippen LogP) is 2.99. The summed E-state index contributed by atoms with van der Waals surface area (Å²) in [5, 5.41) is 0. The molecule has 0 unspecified atom stereocenters. The molecule has 0 atom stereocenters. The number of carbonyl (C=O) groups excluding carboxylic acids is 1. The molecule has 3 aliphatic heterocycles. The number of benzene rings is 1. The van der Waals surface area contributed by atoms with Crippen molar-refractivity contribution in [2.24, 2.45) is 0 Å². The Bertz CT molecular complexity index is 1020. The van der Waals surface area contributed by atoms with Gasteiger partial charge < -0.3 is 19.3 Å². The monoisotopic (exact) mass is 448 g/mol. The van der Waals surface area contributed by atoms with Gasteiger partial charge in [-0.05, 0) is 24.0 Å². The van der Waals surface area contributed by atoms with Gasteiger partial charge in [0.15, 0.2) is 5.69 Å². The minimum Gasteiger partial charge on any atom is -0.378 e. The van der Waals surface area contributed by atoms with Crippen molar-refractivity contribution in [1.82, 2.24) is 14.9 Å². The highest BCUT2D eigenvalue weighted by atomic mass is 19.4. The average Bonchev–Trinajstić information content (AvgIpc) is 3.17. The second-order valence-electron chi connectivity index (χ2n) is 8.26. The summed E-state index contributed by atoms with van der Waals surface area (Å²) in [6.07, 6.45) is -2.50. The fourth-order valence-electron chi connectivity index (χ4n) is 4.70. The standard InChI is InChI=1S/C22H23F3N4O3/c23-22(24,25)18-16(19(30)28-9-11-31-12-10-28)13-26-20(27-18)29-7-5-21(6-8-29)17-4-2-1-3-15(17)14-32-21/h1-4,13H,5-12,14H2. The molecule has 0 aliphatic carbocycles. The third kappa shape index (κ3) is 3.71. The molecule has 4 heterocycles. The lowest BCUT2D eigenvalue weighted by Gasteiger charge is -2.39. The molecule has 170 valence electrons. The zero-order valence-corrected chi connectivity index (χ0v) is 17.4. The van der Waals surface area contributed by atoms with Gasteiger partial charge in [0.25, 0.3) is 5.91 Å². The third-order valence-corrected chi connectivity index (χ3v) is 6.44. The van der Waals surface area contributed by atoms with Crippen LogP contribution in [-0.4, -0.2) is 60.2 Å². The molecule has 1 amide bonds. The fraction of sp³-hybridized carbons (Fsp3) is 0.500. The van der Waals surface area contributed by atoms with Gasteiger partial charge in [0.1, 0.15) is 0 Å². The van der Waals surface area contributed by atoms with E-state index in [2.05, 4.69) is 16.0 Å². The predicted molar refractivity (Wildman–Crippen MR) is 108 cm³/mol. The number of fused-ring (bicyclic) bond motifs is 2. The van der Waals surface area contributed by atoms with E-state index in [1.807, 2.05) is 18.2 Å². The van der Waals surface area contributed by atoms with Crippen molar-refractivity contribution in [3.8, 4) is 0 Å². The van der Waals surface area contributed by atoms with E-state index in [4.69, 9.17) is 9.47 Å². The summed E-state index contributed by atoms with van der Waals surface area (Å²) >= 11 is 0. The largest absolute Gasteiger partial charge is 0.434 e. The molecule has 1 aromatic carbocycles. The second kappa shape index (κ2) is 8.00. The Morgan fingerprint density at radius 3 is 2.50 bits per heavy atom. The van der Waals surface area contributed by atoms with E-state index in [0.717, 1.165) is 17.3 Å². The Morgan fingerprint density at radius 2 is 1.78 bits per heavy atom. The van der Waals surface area contributed by atoms with E-state index >= 15 is 0 Å². The van der Waals surface area contributed by atoms with Crippen LogP contribution in [0.5, 0.6) is 0 Å². The van der Waals surface area contributed by atoms with E-state index in [-0.39, 0.29) is 19.0 Å². The highest BCUT2D eigenvalue weighted by molar-refractivity contribution is 5.95. The Morgan fingerprint density at radius 1 is 1.06 bits per heavy atom. The average molecular weight is 448 g/mol. The Labute approximate surface area is 183 Å².